The third-order valence-electron chi connectivity index (χ3n) is 6.26. The first kappa shape index (κ1) is 20.8. The first-order valence-corrected chi connectivity index (χ1v) is 10.8. The van der Waals surface area contributed by atoms with Crippen LogP contribution in [0.4, 0.5) is 17.1 Å². The van der Waals surface area contributed by atoms with Crippen LogP contribution in [0.1, 0.15) is 28.8 Å². The smallest absolute Gasteiger partial charge is 0.335 e. The number of fused-ring (bicyclic) bond motifs is 2. The Morgan fingerprint density at radius 1 is 1.06 bits per heavy atom. The van der Waals surface area contributed by atoms with E-state index in [1.54, 1.807) is 30.3 Å². The highest BCUT2D eigenvalue weighted by Gasteiger charge is 2.49. The topological polar surface area (TPSA) is 161 Å². The van der Waals surface area contributed by atoms with E-state index in [0.29, 0.717) is 22.3 Å². The molecule has 33 heavy (non-hydrogen) atoms. The summed E-state index contributed by atoms with van der Waals surface area (Å²) in [6, 6.07) is 11.4. The number of aromatic carboxylic acids is 1. The quantitative estimate of drug-likeness (QED) is 0.315. The Balaban J connectivity index is 1.66. The number of H-pyrrole nitrogens is 1. The number of para-hydroxylation sites is 1. The van der Waals surface area contributed by atoms with Crippen molar-refractivity contribution in [3.05, 3.63) is 63.9 Å². The van der Waals surface area contributed by atoms with Crippen molar-refractivity contribution < 1.29 is 14.7 Å². The van der Waals surface area contributed by atoms with E-state index in [-0.39, 0.29) is 22.9 Å². The zero-order chi connectivity index (χ0) is 23.2. The number of hydrogen-bond acceptors (Lipinski definition) is 7. The van der Waals surface area contributed by atoms with Crippen LogP contribution < -0.4 is 32.6 Å². The van der Waals surface area contributed by atoms with Gasteiger partial charge in [0.1, 0.15) is 0 Å². The molecule has 1 unspecified atom stereocenters. The molecule has 1 amide bonds. The molecular weight excluding hydrogens is 424 g/mol. The molecule has 2 aliphatic rings. The number of rotatable bonds is 4. The lowest BCUT2D eigenvalue weighted by molar-refractivity contribution is -0.125. The fraction of sp³-hybridized carbons (Fsp3) is 0.261. The maximum atomic E-state index is 13.8. The van der Waals surface area contributed by atoms with E-state index in [9.17, 15) is 19.5 Å². The lowest BCUT2D eigenvalue weighted by Crippen LogP contribution is -2.58. The molecule has 10 nitrogen and oxygen atoms in total. The minimum absolute atomic E-state index is 0.0284. The Morgan fingerprint density at radius 3 is 2.55 bits per heavy atom. The molecule has 1 saturated heterocycles. The zero-order valence-electron chi connectivity index (χ0n) is 17.7. The van der Waals surface area contributed by atoms with Crippen molar-refractivity contribution in [1.82, 2.24) is 15.6 Å². The van der Waals surface area contributed by atoms with Gasteiger partial charge in [-0.2, -0.15) is 0 Å². The SMILES string of the molecule is Nc1c(C2(C(=O)NC3CCNCC3)Nc3ccc(C(=O)O)cc3N2)c(=O)[nH]c2ccccc12. The molecule has 2 aliphatic heterocycles. The number of benzene rings is 2. The van der Waals surface area contributed by atoms with Gasteiger partial charge in [0.25, 0.3) is 11.5 Å². The van der Waals surface area contributed by atoms with Gasteiger partial charge < -0.3 is 37.1 Å². The molecule has 2 aromatic carbocycles. The number of carboxylic acids is 1. The summed E-state index contributed by atoms with van der Waals surface area (Å²) in [6.07, 6.45) is 1.50. The van der Waals surface area contributed by atoms with E-state index in [1.165, 1.54) is 12.1 Å². The lowest BCUT2D eigenvalue weighted by Gasteiger charge is -2.33. The summed E-state index contributed by atoms with van der Waals surface area (Å²) in [4.78, 5) is 41.3. The molecule has 0 radical (unpaired) electrons. The van der Waals surface area contributed by atoms with Crippen molar-refractivity contribution in [2.24, 2.45) is 0 Å². The molecule has 1 aromatic heterocycles. The zero-order valence-corrected chi connectivity index (χ0v) is 17.7. The van der Waals surface area contributed by atoms with Crippen LogP contribution in [0, 0.1) is 0 Å². The van der Waals surface area contributed by atoms with E-state index >= 15 is 0 Å². The summed E-state index contributed by atoms with van der Waals surface area (Å²) in [7, 11) is 0. The molecule has 0 bridgehead atoms. The number of carboxylic acid groups (broad SMARTS) is 1. The van der Waals surface area contributed by atoms with E-state index < -0.39 is 23.1 Å². The van der Waals surface area contributed by atoms with Crippen LogP contribution in [0.15, 0.2) is 47.3 Å². The molecule has 1 atom stereocenters. The van der Waals surface area contributed by atoms with Gasteiger partial charge in [-0.3, -0.25) is 9.59 Å². The molecule has 8 N–H and O–H groups in total. The van der Waals surface area contributed by atoms with Gasteiger partial charge in [-0.05, 0) is 50.2 Å². The van der Waals surface area contributed by atoms with Gasteiger partial charge in [-0.15, -0.1) is 0 Å². The van der Waals surface area contributed by atoms with Crippen LogP contribution in [0.3, 0.4) is 0 Å². The van der Waals surface area contributed by atoms with Gasteiger partial charge >= 0.3 is 5.97 Å². The van der Waals surface area contributed by atoms with Gasteiger partial charge in [-0.25, -0.2) is 4.79 Å². The number of aromatic amines is 1. The monoisotopic (exact) mass is 448 g/mol. The number of aromatic nitrogens is 1. The number of nitrogens with two attached hydrogens (primary N) is 1. The number of hydrogen-bond donors (Lipinski definition) is 7. The third kappa shape index (κ3) is 3.44. The van der Waals surface area contributed by atoms with Crippen LogP contribution in [0.2, 0.25) is 0 Å². The number of piperidine rings is 1. The summed E-state index contributed by atoms with van der Waals surface area (Å²) in [5.41, 5.74) is 5.94. The first-order valence-electron chi connectivity index (χ1n) is 10.8. The Bertz CT molecular complexity index is 1330. The van der Waals surface area contributed by atoms with Crippen molar-refractivity contribution >= 4 is 39.8 Å². The van der Waals surface area contributed by atoms with Crippen molar-refractivity contribution in [3.63, 3.8) is 0 Å². The van der Waals surface area contributed by atoms with Crippen molar-refractivity contribution in [1.29, 1.82) is 0 Å². The summed E-state index contributed by atoms with van der Waals surface area (Å²) in [5, 5.41) is 22.5. The fourth-order valence-corrected chi connectivity index (χ4v) is 4.58. The van der Waals surface area contributed by atoms with Crippen LogP contribution in [-0.4, -0.2) is 41.1 Å². The summed E-state index contributed by atoms with van der Waals surface area (Å²) >= 11 is 0. The highest BCUT2D eigenvalue weighted by Crippen LogP contribution is 2.42. The first-order chi connectivity index (χ1) is 15.9. The number of carbonyl (C=O) groups is 2. The van der Waals surface area contributed by atoms with Crippen LogP contribution in [-0.2, 0) is 10.5 Å². The summed E-state index contributed by atoms with van der Waals surface area (Å²) in [5.74, 6) is -1.56. The normalized spacial score (nSPS) is 20.0. The van der Waals surface area contributed by atoms with Crippen molar-refractivity contribution in [2.75, 3.05) is 29.5 Å². The number of anilines is 3. The van der Waals surface area contributed by atoms with Crippen LogP contribution in [0.25, 0.3) is 10.9 Å². The predicted octanol–water partition coefficient (Wildman–Crippen LogP) is 1.37. The number of nitrogen functional groups attached to an aromatic ring is 1. The molecule has 3 aromatic rings. The Kier molecular flexibility index (Phi) is 4.94. The van der Waals surface area contributed by atoms with Crippen LogP contribution >= 0.6 is 0 Å². The van der Waals surface area contributed by atoms with Gasteiger partial charge in [0.15, 0.2) is 0 Å². The van der Waals surface area contributed by atoms with Gasteiger partial charge in [0.05, 0.1) is 33.7 Å². The fourth-order valence-electron chi connectivity index (χ4n) is 4.58. The van der Waals surface area contributed by atoms with Crippen molar-refractivity contribution in [3.8, 4) is 0 Å². The Hall–Kier alpha value is -4.05. The van der Waals surface area contributed by atoms with E-state index in [0.717, 1.165) is 25.9 Å². The average molecular weight is 448 g/mol. The minimum Gasteiger partial charge on any atom is -0.478 e. The molecule has 3 heterocycles. The maximum Gasteiger partial charge on any atom is 0.335 e. The Labute approximate surface area is 188 Å². The van der Waals surface area contributed by atoms with Gasteiger partial charge in [-0.1, -0.05) is 18.2 Å². The largest absolute Gasteiger partial charge is 0.478 e. The number of amides is 1. The predicted molar refractivity (Wildman–Crippen MR) is 125 cm³/mol. The van der Waals surface area contributed by atoms with E-state index in [2.05, 4.69) is 26.3 Å². The highest BCUT2D eigenvalue weighted by molar-refractivity contribution is 6.03. The second-order valence-corrected chi connectivity index (χ2v) is 8.35. The molecule has 10 heteroatoms. The van der Waals surface area contributed by atoms with E-state index in [1.807, 2.05) is 0 Å². The average Bonchev–Trinajstić information content (AvgIpc) is 3.19. The summed E-state index contributed by atoms with van der Waals surface area (Å²) < 4.78 is 0. The molecule has 1 fully saturated rings. The van der Waals surface area contributed by atoms with Crippen molar-refractivity contribution in [2.45, 2.75) is 24.5 Å². The number of carbonyl (C=O) groups excluding carboxylic acids is 1. The number of pyridine rings is 1. The summed E-state index contributed by atoms with van der Waals surface area (Å²) in [6.45, 7) is 1.55. The number of nitrogens with one attached hydrogen (secondary N) is 5. The second-order valence-electron chi connectivity index (χ2n) is 8.35. The second kappa shape index (κ2) is 7.82. The molecule has 0 spiro atoms. The molecule has 0 aliphatic carbocycles. The molecule has 0 saturated carbocycles. The third-order valence-corrected chi connectivity index (χ3v) is 6.26. The van der Waals surface area contributed by atoms with Gasteiger partial charge in [0, 0.05) is 11.4 Å². The molecule has 5 rings (SSSR count). The van der Waals surface area contributed by atoms with Gasteiger partial charge in [0.2, 0.25) is 5.66 Å². The molecular formula is C23H24N6O4. The Morgan fingerprint density at radius 2 is 1.79 bits per heavy atom. The highest BCUT2D eigenvalue weighted by atomic mass is 16.4. The van der Waals surface area contributed by atoms with Crippen LogP contribution in [0.5, 0.6) is 0 Å². The van der Waals surface area contributed by atoms with E-state index in [4.69, 9.17) is 5.73 Å². The standard InChI is InChI=1S/C23H24N6O4/c24-19-14-3-1-2-4-15(14)27-20(30)18(19)23(22(33)26-13-7-9-25-10-8-13)28-16-6-5-12(21(31)32)11-17(16)29-23/h1-6,11,13,25,28-29H,7-10H2,(H,26,33)(H,31,32)(H3,24,27,30). The lowest BCUT2D eigenvalue weighted by atomic mass is 9.95. The maximum absolute atomic E-state index is 13.8. The minimum atomic E-state index is -1.72. The molecule has 170 valence electrons.